The third kappa shape index (κ3) is 6.01. The number of para-hydroxylation sites is 1. The Labute approximate surface area is 112 Å². The Morgan fingerprint density at radius 2 is 1.95 bits per heavy atom. The van der Waals surface area contributed by atoms with Crippen molar-refractivity contribution in [2.75, 3.05) is 6.61 Å². The molecule has 0 amide bonds. The summed E-state index contributed by atoms with van der Waals surface area (Å²) >= 11 is 0. The van der Waals surface area contributed by atoms with Crippen molar-refractivity contribution < 1.29 is 24.2 Å². The minimum atomic E-state index is -1.18. The van der Waals surface area contributed by atoms with E-state index in [-0.39, 0.29) is 0 Å². The van der Waals surface area contributed by atoms with Crippen molar-refractivity contribution in [3.05, 3.63) is 30.3 Å². The summed E-state index contributed by atoms with van der Waals surface area (Å²) in [5.74, 6) is -1.09. The van der Waals surface area contributed by atoms with E-state index in [4.69, 9.17) is 4.74 Å². The summed E-state index contributed by atoms with van der Waals surface area (Å²) in [5.41, 5.74) is 0. The topological polar surface area (TPSA) is 72.8 Å². The van der Waals surface area contributed by atoms with Gasteiger partial charge in [-0.3, -0.25) is 0 Å². The first kappa shape index (κ1) is 15.2. The molecular formula is C14H18O5. The molecule has 0 radical (unpaired) electrons. The lowest BCUT2D eigenvalue weighted by molar-refractivity contribution is -0.160. The van der Waals surface area contributed by atoms with Crippen molar-refractivity contribution in [1.82, 2.24) is 0 Å². The highest BCUT2D eigenvalue weighted by Crippen LogP contribution is 2.08. The second-order valence-electron chi connectivity index (χ2n) is 4.05. The molecule has 1 aromatic carbocycles. The number of esters is 2. The van der Waals surface area contributed by atoms with Gasteiger partial charge in [-0.15, -0.1) is 0 Å². The molecule has 1 atom stereocenters. The largest absolute Gasteiger partial charge is 0.452 e. The van der Waals surface area contributed by atoms with Gasteiger partial charge in [0.25, 0.3) is 0 Å². The molecule has 0 fully saturated rings. The Hall–Kier alpha value is -1.88. The van der Waals surface area contributed by atoms with Crippen molar-refractivity contribution in [2.45, 2.75) is 32.3 Å². The second-order valence-corrected chi connectivity index (χ2v) is 4.05. The first-order valence-corrected chi connectivity index (χ1v) is 6.24. The van der Waals surface area contributed by atoms with E-state index in [0.717, 1.165) is 12.8 Å². The zero-order valence-corrected chi connectivity index (χ0v) is 10.9. The minimum Gasteiger partial charge on any atom is -0.452 e. The van der Waals surface area contributed by atoms with Crippen LogP contribution >= 0.6 is 0 Å². The summed E-state index contributed by atoms with van der Waals surface area (Å²) in [6.07, 6.45) is 0.762. The summed E-state index contributed by atoms with van der Waals surface area (Å²) in [7, 11) is 0. The molecular weight excluding hydrogens is 248 g/mol. The Morgan fingerprint density at radius 1 is 1.26 bits per heavy atom. The molecule has 0 aromatic heterocycles. The van der Waals surface area contributed by atoms with Gasteiger partial charge >= 0.3 is 11.9 Å². The van der Waals surface area contributed by atoms with Crippen LogP contribution in [0.3, 0.4) is 0 Å². The van der Waals surface area contributed by atoms with E-state index in [1.54, 1.807) is 30.3 Å². The van der Waals surface area contributed by atoms with E-state index in [1.165, 1.54) is 0 Å². The maximum atomic E-state index is 11.4. The van der Waals surface area contributed by atoms with Crippen molar-refractivity contribution in [3.63, 3.8) is 0 Å². The number of benzene rings is 1. The number of aliphatic hydroxyl groups is 1. The summed E-state index contributed by atoms with van der Waals surface area (Å²) < 4.78 is 9.60. The van der Waals surface area contributed by atoms with E-state index in [9.17, 15) is 14.7 Å². The van der Waals surface area contributed by atoms with Gasteiger partial charge in [0.05, 0.1) is 0 Å². The first-order valence-electron chi connectivity index (χ1n) is 6.24. The Balaban J connectivity index is 2.28. The zero-order valence-electron chi connectivity index (χ0n) is 10.9. The van der Waals surface area contributed by atoms with Crippen molar-refractivity contribution in [3.8, 4) is 5.75 Å². The third-order valence-electron chi connectivity index (χ3n) is 2.41. The maximum Gasteiger partial charge on any atom is 0.349 e. The highest BCUT2D eigenvalue weighted by atomic mass is 16.6. The fraction of sp³-hybridized carbons (Fsp3) is 0.429. The monoisotopic (exact) mass is 266 g/mol. The SMILES string of the molecule is CCCCC(O)C(=O)OCC(=O)Oc1ccccc1. The first-order chi connectivity index (χ1) is 9.13. The van der Waals surface area contributed by atoms with Gasteiger partial charge in [0.15, 0.2) is 12.7 Å². The van der Waals surface area contributed by atoms with Crippen molar-refractivity contribution in [2.24, 2.45) is 0 Å². The average molecular weight is 266 g/mol. The lowest BCUT2D eigenvalue weighted by Gasteiger charge is -2.09. The summed E-state index contributed by atoms with van der Waals surface area (Å²) in [4.78, 5) is 22.7. The normalized spacial score (nSPS) is 11.7. The highest BCUT2D eigenvalue weighted by molar-refractivity contribution is 5.79. The molecule has 0 bridgehead atoms. The van der Waals surface area contributed by atoms with Crippen molar-refractivity contribution >= 4 is 11.9 Å². The number of hydrogen-bond acceptors (Lipinski definition) is 5. The number of unbranched alkanes of at least 4 members (excludes halogenated alkanes) is 1. The van der Waals surface area contributed by atoms with E-state index < -0.39 is 24.6 Å². The number of carbonyl (C=O) groups excluding carboxylic acids is 2. The molecule has 0 aliphatic heterocycles. The Bertz CT molecular complexity index is 402. The lowest BCUT2D eigenvalue weighted by atomic mass is 10.2. The van der Waals surface area contributed by atoms with E-state index in [2.05, 4.69) is 4.74 Å². The van der Waals surface area contributed by atoms with Crippen molar-refractivity contribution in [1.29, 1.82) is 0 Å². The second kappa shape index (κ2) is 8.26. The molecule has 1 aromatic rings. The minimum absolute atomic E-state index is 0.336. The van der Waals surface area contributed by atoms with Crippen LogP contribution in [0.25, 0.3) is 0 Å². The fourth-order valence-electron chi connectivity index (χ4n) is 1.39. The molecule has 0 spiro atoms. The summed E-state index contributed by atoms with van der Waals surface area (Å²) in [6.45, 7) is 1.45. The number of aliphatic hydroxyl groups excluding tert-OH is 1. The van der Waals surface area contributed by atoms with Gasteiger partial charge in [0.2, 0.25) is 0 Å². The number of ether oxygens (including phenoxy) is 2. The van der Waals surface area contributed by atoms with Gasteiger partial charge in [-0.05, 0) is 18.6 Å². The third-order valence-corrected chi connectivity index (χ3v) is 2.41. The zero-order chi connectivity index (χ0) is 14.1. The summed E-state index contributed by atoms with van der Waals surface area (Å²) in [6, 6.07) is 8.49. The molecule has 5 heteroatoms. The van der Waals surface area contributed by atoms with Crippen LogP contribution in [0.4, 0.5) is 0 Å². The van der Waals surface area contributed by atoms with Crippen LogP contribution < -0.4 is 4.74 Å². The molecule has 0 aliphatic carbocycles. The molecule has 0 saturated carbocycles. The molecule has 0 aliphatic rings. The average Bonchev–Trinajstić information content (AvgIpc) is 2.43. The number of carbonyl (C=O) groups is 2. The van der Waals surface area contributed by atoms with Gasteiger partial charge in [-0.2, -0.15) is 0 Å². The molecule has 5 nitrogen and oxygen atoms in total. The fourth-order valence-corrected chi connectivity index (χ4v) is 1.39. The molecule has 19 heavy (non-hydrogen) atoms. The maximum absolute atomic E-state index is 11.4. The Morgan fingerprint density at radius 3 is 2.58 bits per heavy atom. The van der Waals surface area contributed by atoms with Gasteiger partial charge in [-0.25, -0.2) is 9.59 Å². The van der Waals surface area contributed by atoms with Gasteiger partial charge in [0.1, 0.15) is 5.75 Å². The molecule has 1 N–H and O–H groups in total. The highest BCUT2D eigenvalue weighted by Gasteiger charge is 2.17. The van der Waals surface area contributed by atoms with E-state index in [0.29, 0.717) is 12.2 Å². The standard InChI is InChI=1S/C14H18O5/c1-2-3-9-12(15)14(17)18-10-13(16)19-11-7-5-4-6-8-11/h4-8,12,15H,2-3,9-10H2,1H3. The smallest absolute Gasteiger partial charge is 0.349 e. The van der Waals surface area contributed by atoms with Crippen LogP contribution in [0.15, 0.2) is 30.3 Å². The van der Waals surface area contributed by atoms with Gasteiger partial charge in [-0.1, -0.05) is 38.0 Å². The number of rotatable bonds is 7. The molecule has 104 valence electrons. The quantitative estimate of drug-likeness (QED) is 0.600. The Kier molecular flexibility index (Phi) is 6.60. The molecule has 1 unspecified atom stereocenters. The van der Waals surface area contributed by atoms with Gasteiger partial charge in [0, 0.05) is 0 Å². The van der Waals surface area contributed by atoms with Crippen LogP contribution in [0.2, 0.25) is 0 Å². The van der Waals surface area contributed by atoms with Crippen LogP contribution in [-0.2, 0) is 14.3 Å². The van der Waals surface area contributed by atoms with Crippen LogP contribution in [-0.4, -0.2) is 29.8 Å². The van der Waals surface area contributed by atoms with E-state index >= 15 is 0 Å². The molecule has 0 saturated heterocycles. The van der Waals surface area contributed by atoms with Gasteiger partial charge < -0.3 is 14.6 Å². The molecule has 0 heterocycles. The van der Waals surface area contributed by atoms with E-state index in [1.807, 2.05) is 6.92 Å². The predicted octanol–water partition coefficient (Wildman–Crippen LogP) is 1.69. The van der Waals surface area contributed by atoms with Crippen LogP contribution in [0, 0.1) is 0 Å². The molecule has 1 rings (SSSR count). The summed E-state index contributed by atoms with van der Waals surface area (Å²) in [5, 5.41) is 9.42. The predicted molar refractivity (Wildman–Crippen MR) is 68.6 cm³/mol. The lowest BCUT2D eigenvalue weighted by Crippen LogP contribution is -2.27. The van der Waals surface area contributed by atoms with Crippen LogP contribution in [0.1, 0.15) is 26.2 Å². The number of hydrogen-bond donors (Lipinski definition) is 1. The van der Waals surface area contributed by atoms with Crippen LogP contribution in [0.5, 0.6) is 5.75 Å².